The van der Waals surface area contributed by atoms with Crippen molar-refractivity contribution in [1.82, 2.24) is 4.90 Å². The van der Waals surface area contributed by atoms with Gasteiger partial charge in [-0.3, -0.25) is 4.90 Å². The van der Waals surface area contributed by atoms with E-state index in [-0.39, 0.29) is 6.04 Å². The Kier molecular flexibility index (Phi) is 4.94. The second kappa shape index (κ2) is 6.36. The fourth-order valence-corrected chi connectivity index (χ4v) is 3.17. The van der Waals surface area contributed by atoms with Crippen molar-refractivity contribution >= 4 is 0 Å². The van der Waals surface area contributed by atoms with Crippen LogP contribution in [0.4, 0.5) is 13.2 Å². The summed E-state index contributed by atoms with van der Waals surface area (Å²) in [5.74, 6) is 0. The molecular weight excluding hydrogens is 277 g/mol. The summed E-state index contributed by atoms with van der Waals surface area (Å²) >= 11 is 0. The van der Waals surface area contributed by atoms with Gasteiger partial charge in [-0.05, 0) is 43.9 Å². The molecule has 118 valence electrons. The predicted octanol–water partition coefficient (Wildman–Crippen LogP) is 3.97. The van der Waals surface area contributed by atoms with Gasteiger partial charge in [0, 0.05) is 24.7 Å². The van der Waals surface area contributed by atoms with Crippen molar-refractivity contribution in [3.05, 3.63) is 35.4 Å². The Labute approximate surface area is 124 Å². The van der Waals surface area contributed by atoms with Crippen molar-refractivity contribution < 1.29 is 13.2 Å². The van der Waals surface area contributed by atoms with Gasteiger partial charge in [0.05, 0.1) is 5.56 Å². The lowest BCUT2D eigenvalue weighted by Gasteiger charge is -2.30. The van der Waals surface area contributed by atoms with E-state index < -0.39 is 11.7 Å². The molecule has 1 heterocycles. The first kappa shape index (κ1) is 16.3. The molecule has 1 fully saturated rings. The molecule has 0 radical (unpaired) electrons. The lowest BCUT2D eigenvalue weighted by molar-refractivity contribution is -0.137. The monoisotopic (exact) mass is 300 g/mol. The normalized spacial score (nSPS) is 25.2. The Morgan fingerprint density at radius 1 is 1.33 bits per heavy atom. The summed E-state index contributed by atoms with van der Waals surface area (Å²) in [6.45, 7) is 4.92. The van der Waals surface area contributed by atoms with Gasteiger partial charge in [-0.1, -0.05) is 19.1 Å². The van der Waals surface area contributed by atoms with Crippen LogP contribution in [0.3, 0.4) is 0 Å². The Morgan fingerprint density at radius 2 is 2.05 bits per heavy atom. The van der Waals surface area contributed by atoms with Crippen molar-refractivity contribution in [3.63, 3.8) is 0 Å². The molecular formula is C16H23F3N2. The van der Waals surface area contributed by atoms with Gasteiger partial charge in [-0.15, -0.1) is 0 Å². The van der Waals surface area contributed by atoms with E-state index in [1.807, 2.05) is 0 Å². The Morgan fingerprint density at radius 3 is 2.67 bits per heavy atom. The first-order chi connectivity index (χ1) is 9.82. The molecule has 0 bridgehead atoms. The van der Waals surface area contributed by atoms with Gasteiger partial charge in [0.15, 0.2) is 0 Å². The lowest BCUT2D eigenvalue weighted by Crippen LogP contribution is -2.39. The van der Waals surface area contributed by atoms with E-state index in [0.29, 0.717) is 24.2 Å². The smallest absolute Gasteiger partial charge is 0.323 e. The van der Waals surface area contributed by atoms with Crippen molar-refractivity contribution in [3.8, 4) is 0 Å². The van der Waals surface area contributed by atoms with Gasteiger partial charge < -0.3 is 5.73 Å². The fraction of sp³-hybridized carbons (Fsp3) is 0.625. The van der Waals surface area contributed by atoms with Crippen LogP contribution >= 0.6 is 0 Å². The van der Waals surface area contributed by atoms with Gasteiger partial charge in [0.2, 0.25) is 0 Å². The maximum absolute atomic E-state index is 12.8. The molecule has 1 aromatic carbocycles. The summed E-state index contributed by atoms with van der Waals surface area (Å²) < 4.78 is 38.3. The summed E-state index contributed by atoms with van der Waals surface area (Å²) in [6, 6.07) is 5.94. The zero-order valence-corrected chi connectivity index (χ0v) is 12.5. The minimum atomic E-state index is -4.32. The summed E-state index contributed by atoms with van der Waals surface area (Å²) in [4.78, 5) is 2.34. The standard InChI is InChI=1S/C16H23F3N2/c1-3-14-8-7-11(2)21(14)10-15(20)12-5-4-6-13(9-12)16(17,18)19/h4-6,9,11,14-15H,3,7-8,10,20H2,1-2H3. The molecule has 0 spiro atoms. The van der Waals surface area contributed by atoms with E-state index in [1.54, 1.807) is 6.07 Å². The molecule has 1 saturated heterocycles. The number of likely N-dealkylation sites (tertiary alicyclic amines) is 1. The number of rotatable bonds is 4. The maximum Gasteiger partial charge on any atom is 0.416 e. The molecule has 21 heavy (non-hydrogen) atoms. The van der Waals surface area contributed by atoms with Crippen LogP contribution in [0, 0.1) is 0 Å². The molecule has 3 unspecified atom stereocenters. The van der Waals surface area contributed by atoms with E-state index in [4.69, 9.17) is 5.73 Å². The number of benzene rings is 1. The van der Waals surface area contributed by atoms with Crippen LogP contribution in [-0.4, -0.2) is 23.5 Å². The first-order valence-corrected chi connectivity index (χ1v) is 7.51. The Hall–Kier alpha value is -1.07. The molecule has 1 aromatic rings. The fourth-order valence-electron chi connectivity index (χ4n) is 3.17. The van der Waals surface area contributed by atoms with Gasteiger partial charge in [-0.25, -0.2) is 0 Å². The largest absolute Gasteiger partial charge is 0.416 e. The second-order valence-electron chi connectivity index (χ2n) is 5.91. The van der Waals surface area contributed by atoms with Crippen LogP contribution in [0.25, 0.3) is 0 Å². The molecule has 0 saturated carbocycles. The highest BCUT2D eigenvalue weighted by atomic mass is 19.4. The molecule has 2 nitrogen and oxygen atoms in total. The predicted molar refractivity (Wildman–Crippen MR) is 77.9 cm³/mol. The molecule has 2 N–H and O–H groups in total. The van der Waals surface area contributed by atoms with Gasteiger partial charge >= 0.3 is 6.18 Å². The molecule has 0 aliphatic carbocycles. The number of nitrogens with two attached hydrogens (primary N) is 1. The third-order valence-electron chi connectivity index (χ3n) is 4.47. The van der Waals surface area contributed by atoms with Crippen LogP contribution in [0.5, 0.6) is 0 Å². The number of nitrogens with zero attached hydrogens (tertiary/aromatic N) is 1. The van der Waals surface area contributed by atoms with Crippen LogP contribution < -0.4 is 5.73 Å². The summed E-state index contributed by atoms with van der Waals surface area (Å²) in [6.07, 6.45) is -0.983. The molecule has 2 rings (SSSR count). The summed E-state index contributed by atoms with van der Waals surface area (Å²) in [5.41, 5.74) is 6.08. The van der Waals surface area contributed by atoms with Crippen LogP contribution in [0.1, 0.15) is 50.3 Å². The number of halogens is 3. The highest BCUT2D eigenvalue weighted by Crippen LogP contribution is 2.32. The maximum atomic E-state index is 12.8. The topological polar surface area (TPSA) is 29.3 Å². The number of hydrogen-bond acceptors (Lipinski definition) is 2. The van der Waals surface area contributed by atoms with E-state index in [0.717, 1.165) is 25.3 Å². The van der Waals surface area contributed by atoms with Crippen molar-refractivity contribution in [2.45, 2.75) is 57.4 Å². The average molecular weight is 300 g/mol. The Balaban J connectivity index is 2.11. The van der Waals surface area contributed by atoms with Gasteiger partial charge in [-0.2, -0.15) is 13.2 Å². The number of hydrogen-bond donors (Lipinski definition) is 1. The van der Waals surface area contributed by atoms with E-state index in [1.165, 1.54) is 12.1 Å². The van der Waals surface area contributed by atoms with Crippen molar-refractivity contribution in [1.29, 1.82) is 0 Å². The lowest BCUT2D eigenvalue weighted by atomic mass is 10.0. The zero-order valence-electron chi connectivity index (χ0n) is 12.5. The third-order valence-corrected chi connectivity index (χ3v) is 4.47. The highest BCUT2D eigenvalue weighted by Gasteiger charge is 2.32. The zero-order chi connectivity index (χ0) is 15.6. The molecule has 3 atom stereocenters. The van der Waals surface area contributed by atoms with E-state index in [9.17, 15) is 13.2 Å². The minimum absolute atomic E-state index is 0.387. The van der Waals surface area contributed by atoms with Crippen LogP contribution in [0.2, 0.25) is 0 Å². The SMILES string of the molecule is CCC1CCC(C)N1CC(N)c1cccc(C(F)(F)F)c1. The van der Waals surface area contributed by atoms with Crippen molar-refractivity contribution in [2.75, 3.05) is 6.54 Å². The Bertz CT molecular complexity index is 473. The molecule has 1 aliphatic heterocycles. The van der Waals surface area contributed by atoms with Gasteiger partial charge in [0.25, 0.3) is 0 Å². The van der Waals surface area contributed by atoms with E-state index >= 15 is 0 Å². The third kappa shape index (κ3) is 3.77. The van der Waals surface area contributed by atoms with Crippen LogP contribution in [-0.2, 0) is 6.18 Å². The van der Waals surface area contributed by atoms with Gasteiger partial charge in [0.1, 0.15) is 0 Å². The molecule has 1 aliphatic rings. The molecule has 0 amide bonds. The summed E-state index contributed by atoms with van der Waals surface area (Å²) in [7, 11) is 0. The van der Waals surface area contributed by atoms with Crippen molar-refractivity contribution in [2.24, 2.45) is 5.73 Å². The molecule has 0 aromatic heterocycles. The molecule has 5 heteroatoms. The van der Waals surface area contributed by atoms with E-state index in [2.05, 4.69) is 18.7 Å². The summed E-state index contributed by atoms with van der Waals surface area (Å²) in [5, 5.41) is 0. The first-order valence-electron chi connectivity index (χ1n) is 7.51. The quantitative estimate of drug-likeness (QED) is 0.911. The number of alkyl halides is 3. The second-order valence-corrected chi connectivity index (χ2v) is 5.91. The average Bonchev–Trinajstić information content (AvgIpc) is 2.79. The minimum Gasteiger partial charge on any atom is -0.323 e. The van der Waals surface area contributed by atoms with Crippen LogP contribution in [0.15, 0.2) is 24.3 Å². The highest BCUT2D eigenvalue weighted by molar-refractivity contribution is 5.28.